The van der Waals surface area contributed by atoms with Gasteiger partial charge in [0.05, 0.1) is 26.9 Å². The highest BCUT2D eigenvalue weighted by molar-refractivity contribution is 5.44. The van der Waals surface area contributed by atoms with Gasteiger partial charge in [0.2, 0.25) is 0 Å². The molecule has 3 atom stereocenters. The summed E-state index contributed by atoms with van der Waals surface area (Å²) in [6.07, 6.45) is 0.767. The largest absolute Gasteiger partial charge is 0.493 e. The number of aliphatic hydroxyl groups is 1. The third kappa shape index (κ3) is 4.34. The van der Waals surface area contributed by atoms with Gasteiger partial charge < -0.3 is 19.3 Å². The Labute approximate surface area is 168 Å². The van der Waals surface area contributed by atoms with Crippen LogP contribution in [-0.2, 0) is 16.6 Å². The molecule has 0 aliphatic carbocycles. The Kier molecular flexibility index (Phi) is 6.31. The molecule has 152 valence electrons. The van der Waals surface area contributed by atoms with Crippen LogP contribution in [0.3, 0.4) is 0 Å². The standard InChI is InChI=1S/C24H32O4/c1-24(2,3)19-9-6-16(7-10-19)12-18-15-28-23(20(18)14-25)17-8-11-21(26-4)22(13-17)27-5/h6-11,13,18,20,23,25H,12,14-15H2,1-5H3/t18-,20-,23?/m0/s1. The summed E-state index contributed by atoms with van der Waals surface area (Å²) in [5.41, 5.74) is 3.79. The molecule has 0 radical (unpaired) electrons. The first-order chi connectivity index (χ1) is 13.4. The van der Waals surface area contributed by atoms with E-state index in [2.05, 4.69) is 45.0 Å². The Morgan fingerprint density at radius 1 is 1.00 bits per heavy atom. The zero-order valence-corrected chi connectivity index (χ0v) is 17.6. The average molecular weight is 385 g/mol. The lowest BCUT2D eigenvalue weighted by Crippen LogP contribution is -2.21. The molecule has 1 unspecified atom stereocenters. The Hall–Kier alpha value is -2.04. The number of methoxy groups -OCH3 is 2. The number of hydrogen-bond acceptors (Lipinski definition) is 4. The number of hydrogen-bond donors (Lipinski definition) is 1. The van der Waals surface area contributed by atoms with Crippen LogP contribution in [0.4, 0.5) is 0 Å². The van der Waals surface area contributed by atoms with E-state index in [1.807, 2.05) is 18.2 Å². The second-order valence-corrected chi connectivity index (χ2v) is 8.63. The molecule has 0 amide bonds. The monoisotopic (exact) mass is 384 g/mol. The Morgan fingerprint density at radius 3 is 2.25 bits per heavy atom. The predicted octanol–water partition coefficient (Wildman–Crippen LogP) is 4.54. The van der Waals surface area contributed by atoms with E-state index < -0.39 is 0 Å². The minimum atomic E-state index is -0.136. The fraction of sp³-hybridized carbons (Fsp3) is 0.500. The van der Waals surface area contributed by atoms with Crippen LogP contribution in [0, 0.1) is 11.8 Å². The Bertz CT molecular complexity index is 776. The highest BCUT2D eigenvalue weighted by Crippen LogP contribution is 2.42. The van der Waals surface area contributed by atoms with Gasteiger partial charge in [0.15, 0.2) is 11.5 Å². The van der Waals surface area contributed by atoms with E-state index in [0.29, 0.717) is 18.1 Å². The van der Waals surface area contributed by atoms with E-state index in [-0.39, 0.29) is 30.0 Å². The van der Waals surface area contributed by atoms with Gasteiger partial charge in [0.25, 0.3) is 0 Å². The maximum Gasteiger partial charge on any atom is 0.161 e. The van der Waals surface area contributed by atoms with Gasteiger partial charge in [-0.1, -0.05) is 51.1 Å². The van der Waals surface area contributed by atoms with Crippen LogP contribution >= 0.6 is 0 Å². The van der Waals surface area contributed by atoms with Crippen molar-refractivity contribution in [1.82, 2.24) is 0 Å². The molecule has 1 aliphatic rings. The molecule has 0 spiro atoms. The average Bonchev–Trinajstić information content (AvgIpc) is 3.09. The summed E-state index contributed by atoms with van der Waals surface area (Å²) in [7, 11) is 3.26. The van der Waals surface area contributed by atoms with Crippen molar-refractivity contribution in [3.63, 3.8) is 0 Å². The smallest absolute Gasteiger partial charge is 0.161 e. The van der Waals surface area contributed by atoms with E-state index in [0.717, 1.165) is 12.0 Å². The van der Waals surface area contributed by atoms with Crippen LogP contribution in [0.2, 0.25) is 0 Å². The van der Waals surface area contributed by atoms with Crippen molar-refractivity contribution in [3.8, 4) is 11.5 Å². The van der Waals surface area contributed by atoms with Gasteiger partial charge in [-0.15, -0.1) is 0 Å². The summed E-state index contributed by atoms with van der Waals surface area (Å²) in [5, 5.41) is 10.1. The van der Waals surface area contributed by atoms with E-state index in [4.69, 9.17) is 14.2 Å². The first-order valence-corrected chi connectivity index (χ1v) is 9.91. The summed E-state index contributed by atoms with van der Waals surface area (Å²) in [5.74, 6) is 1.71. The van der Waals surface area contributed by atoms with Crippen LogP contribution < -0.4 is 9.47 Å². The number of aliphatic hydroxyl groups excluding tert-OH is 1. The zero-order chi connectivity index (χ0) is 20.3. The second kappa shape index (κ2) is 8.54. The molecule has 0 aromatic heterocycles. The molecule has 1 aliphatic heterocycles. The van der Waals surface area contributed by atoms with Gasteiger partial charge in [0.1, 0.15) is 0 Å². The van der Waals surface area contributed by atoms with Crippen molar-refractivity contribution >= 4 is 0 Å². The van der Waals surface area contributed by atoms with Crippen molar-refractivity contribution in [3.05, 3.63) is 59.2 Å². The quantitative estimate of drug-likeness (QED) is 0.794. The van der Waals surface area contributed by atoms with E-state index in [1.54, 1.807) is 14.2 Å². The summed E-state index contributed by atoms with van der Waals surface area (Å²) in [4.78, 5) is 0. The minimum Gasteiger partial charge on any atom is -0.493 e. The van der Waals surface area contributed by atoms with Crippen molar-refractivity contribution in [2.75, 3.05) is 27.4 Å². The van der Waals surface area contributed by atoms with Crippen LogP contribution in [0.1, 0.15) is 43.6 Å². The molecule has 3 rings (SSSR count). The predicted molar refractivity (Wildman–Crippen MR) is 111 cm³/mol. The maximum absolute atomic E-state index is 10.1. The highest BCUT2D eigenvalue weighted by Gasteiger charge is 2.38. The van der Waals surface area contributed by atoms with Gasteiger partial charge in [-0.05, 0) is 46.6 Å². The number of ether oxygens (including phenoxy) is 3. The van der Waals surface area contributed by atoms with Gasteiger partial charge >= 0.3 is 0 Å². The van der Waals surface area contributed by atoms with Crippen molar-refractivity contribution < 1.29 is 19.3 Å². The lowest BCUT2D eigenvalue weighted by molar-refractivity contribution is 0.0717. The molecular formula is C24H32O4. The Balaban J connectivity index is 1.75. The van der Waals surface area contributed by atoms with Crippen molar-refractivity contribution in [2.24, 2.45) is 11.8 Å². The molecule has 1 fully saturated rings. The number of benzene rings is 2. The topological polar surface area (TPSA) is 47.9 Å². The van der Waals surface area contributed by atoms with Gasteiger partial charge in [-0.3, -0.25) is 0 Å². The molecule has 1 saturated heterocycles. The molecule has 1 N–H and O–H groups in total. The fourth-order valence-electron chi connectivity index (χ4n) is 3.99. The lowest BCUT2D eigenvalue weighted by Gasteiger charge is -2.23. The third-order valence-electron chi connectivity index (χ3n) is 5.75. The van der Waals surface area contributed by atoms with Crippen LogP contribution in [0.5, 0.6) is 11.5 Å². The summed E-state index contributed by atoms with van der Waals surface area (Å²) < 4.78 is 16.9. The van der Waals surface area contributed by atoms with E-state index in [1.165, 1.54) is 11.1 Å². The highest BCUT2D eigenvalue weighted by atomic mass is 16.5. The van der Waals surface area contributed by atoms with Gasteiger partial charge in [-0.25, -0.2) is 0 Å². The van der Waals surface area contributed by atoms with E-state index >= 15 is 0 Å². The molecule has 1 heterocycles. The molecule has 0 bridgehead atoms. The molecule has 2 aromatic carbocycles. The summed E-state index contributed by atoms with van der Waals surface area (Å²) >= 11 is 0. The van der Waals surface area contributed by atoms with Gasteiger partial charge in [0, 0.05) is 12.5 Å². The van der Waals surface area contributed by atoms with Crippen LogP contribution in [0.15, 0.2) is 42.5 Å². The first-order valence-electron chi connectivity index (χ1n) is 9.91. The third-order valence-corrected chi connectivity index (χ3v) is 5.75. The molecule has 28 heavy (non-hydrogen) atoms. The molecule has 0 saturated carbocycles. The summed E-state index contributed by atoms with van der Waals surface area (Å²) in [6.45, 7) is 7.42. The fourth-order valence-corrected chi connectivity index (χ4v) is 3.99. The van der Waals surface area contributed by atoms with Crippen LogP contribution in [-0.4, -0.2) is 32.5 Å². The second-order valence-electron chi connectivity index (χ2n) is 8.63. The number of rotatable bonds is 6. The molecular weight excluding hydrogens is 352 g/mol. The maximum atomic E-state index is 10.1. The van der Waals surface area contributed by atoms with Crippen molar-refractivity contribution in [2.45, 2.75) is 38.7 Å². The zero-order valence-electron chi connectivity index (χ0n) is 17.6. The van der Waals surface area contributed by atoms with E-state index in [9.17, 15) is 5.11 Å². The van der Waals surface area contributed by atoms with Gasteiger partial charge in [-0.2, -0.15) is 0 Å². The van der Waals surface area contributed by atoms with Crippen molar-refractivity contribution in [1.29, 1.82) is 0 Å². The SMILES string of the molecule is COc1ccc(C2OC[C@H](Cc3ccc(C(C)(C)C)cc3)[C@@H]2CO)cc1OC. The first kappa shape index (κ1) is 20.7. The Morgan fingerprint density at radius 2 is 1.68 bits per heavy atom. The summed E-state index contributed by atoms with van der Waals surface area (Å²) in [6, 6.07) is 14.7. The molecule has 4 heteroatoms. The van der Waals surface area contributed by atoms with Crippen LogP contribution in [0.25, 0.3) is 0 Å². The molecule has 2 aromatic rings. The molecule has 4 nitrogen and oxygen atoms in total. The normalized spacial score (nSPS) is 22.3. The lowest BCUT2D eigenvalue weighted by atomic mass is 9.83. The minimum absolute atomic E-state index is 0.0559.